The first-order valence-electron chi connectivity index (χ1n) is 6.40. The molecule has 0 bridgehead atoms. The summed E-state index contributed by atoms with van der Waals surface area (Å²) in [7, 11) is -3.36. The van der Waals surface area contributed by atoms with Gasteiger partial charge < -0.3 is 10.8 Å². The van der Waals surface area contributed by atoms with E-state index in [9.17, 15) is 8.42 Å². The first-order valence-corrected chi connectivity index (χ1v) is 8.01. The molecule has 108 valence electrons. The van der Waals surface area contributed by atoms with Crippen molar-refractivity contribution in [2.45, 2.75) is 25.6 Å². The average Bonchev–Trinajstić information content (AvgIpc) is 2.39. The van der Waals surface area contributed by atoms with E-state index >= 15 is 0 Å². The lowest BCUT2D eigenvalue weighted by molar-refractivity contribution is 0.271. The van der Waals surface area contributed by atoms with Gasteiger partial charge in [0.1, 0.15) is 0 Å². The predicted molar refractivity (Wildman–Crippen MR) is 75.9 cm³/mol. The van der Waals surface area contributed by atoms with E-state index in [0.29, 0.717) is 26.1 Å². The van der Waals surface area contributed by atoms with E-state index in [1.165, 1.54) is 4.31 Å². The minimum absolute atomic E-state index is 0.00852. The van der Waals surface area contributed by atoms with Crippen molar-refractivity contribution in [1.82, 2.24) is 4.31 Å². The quantitative estimate of drug-likeness (QED) is 0.736. The second kappa shape index (κ2) is 7.59. The van der Waals surface area contributed by atoms with Gasteiger partial charge in [-0.15, -0.1) is 0 Å². The second-order valence-electron chi connectivity index (χ2n) is 4.30. The fraction of sp³-hybridized carbons (Fsp3) is 0.538. The van der Waals surface area contributed by atoms with Crippen molar-refractivity contribution in [2.24, 2.45) is 5.73 Å². The summed E-state index contributed by atoms with van der Waals surface area (Å²) in [4.78, 5) is 0. The number of nitrogens with zero attached hydrogens (tertiary/aromatic N) is 1. The molecule has 0 saturated heterocycles. The Morgan fingerprint density at radius 3 is 2.42 bits per heavy atom. The minimum atomic E-state index is -3.36. The zero-order valence-electron chi connectivity index (χ0n) is 11.2. The van der Waals surface area contributed by atoms with E-state index < -0.39 is 10.0 Å². The van der Waals surface area contributed by atoms with Gasteiger partial charge in [-0.25, -0.2) is 12.7 Å². The number of aliphatic hydroxyl groups is 1. The number of nitrogens with two attached hydrogens (primary N) is 1. The molecule has 0 atom stereocenters. The molecule has 3 N–H and O–H groups in total. The van der Waals surface area contributed by atoms with Crippen molar-refractivity contribution >= 4 is 10.0 Å². The molecule has 6 heteroatoms. The second-order valence-corrected chi connectivity index (χ2v) is 6.27. The van der Waals surface area contributed by atoms with E-state index in [-0.39, 0.29) is 12.4 Å². The maximum Gasteiger partial charge on any atom is 0.218 e. The van der Waals surface area contributed by atoms with Gasteiger partial charge >= 0.3 is 0 Å². The van der Waals surface area contributed by atoms with Crippen molar-refractivity contribution in [3.05, 3.63) is 35.4 Å². The predicted octanol–water partition coefficient (Wildman–Crippen LogP) is 0.679. The third-order valence-corrected chi connectivity index (χ3v) is 4.89. The lowest BCUT2D eigenvalue weighted by Gasteiger charge is -2.20. The fourth-order valence-electron chi connectivity index (χ4n) is 1.93. The van der Waals surface area contributed by atoms with Crippen molar-refractivity contribution in [1.29, 1.82) is 0 Å². The van der Waals surface area contributed by atoms with E-state index in [2.05, 4.69) is 0 Å². The summed E-state index contributed by atoms with van der Waals surface area (Å²) in [5.41, 5.74) is 7.21. The summed E-state index contributed by atoms with van der Waals surface area (Å²) in [5.74, 6) is -0.0420. The summed E-state index contributed by atoms with van der Waals surface area (Å²) in [6.07, 6.45) is 0.450. The normalized spacial score (nSPS) is 12.0. The molecule has 0 aliphatic heterocycles. The van der Waals surface area contributed by atoms with Gasteiger partial charge in [-0.1, -0.05) is 31.2 Å². The minimum Gasteiger partial charge on any atom is -0.396 e. The number of sulfonamides is 1. The summed E-state index contributed by atoms with van der Waals surface area (Å²) >= 11 is 0. The van der Waals surface area contributed by atoms with Crippen LogP contribution in [0.4, 0.5) is 0 Å². The Morgan fingerprint density at radius 2 is 1.89 bits per heavy atom. The molecule has 0 aromatic heterocycles. The highest BCUT2D eigenvalue weighted by Gasteiger charge is 2.21. The molecule has 0 aliphatic carbocycles. The van der Waals surface area contributed by atoms with Crippen molar-refractivity contribution < 1.29 is 13.5 Å². The van der Waals surface area contributed by atoms with Crippen LogP contribution in [-0.2, 0) is 22.3 Å². The highest BCUT2D eigenvalue weighted by atomic mass is 32.2. The molecular weight excluding hydrogens is 264 g/mol. The number of hydrogen-bond donors (Lipinski definition) is 2. The van der Waals surface area contributed by atoms with Gasteiger partial charge in [-0.3, -0.25) is 0 Å². The lowest BCUT2D eigenvalue weighted by atomic mass is 10.1. The van der Waals surface area contributed by atoms with E-state index in [4.69, 9.17) is 10.8 Å². The van der Waals surface area contributed by atoms with Crippen LogP contribution in [0.5, 0.6) is 0 Å². The molecule has 0 fully saturated rings. The highest BCUT2D eigenvalue weighted by Crippen LogP contribution is 2.15. The molecule has 1 aromatic rings. The summed E-state index contributed by atoms with van der Waals surface area (Å²) in [5, 5.41) is 8.81. The van der Waals surface area contributed by atoms with Gasteiger partial charge in [0, 0.05) is 26.2 Å². The first kappa shape index (κ1) is 16.1. The molecule has 19 heavy (non-hydrogen) atoms. The molecule has 0 heterocycles. The van der Waals surface area contributed by atoms with E-state index in [1.807, 2.05) is 18.2 Å². The molecule has 0 spiro atoms. The monoisotopic (exact) mass is 286 g/mol. The highest BCUT2D eigenvalue weighted by molar-refractivity contribution is 7.88. The zero-order valence-corrected chi connectivity index (χ0v) is 12.1. The summed E-state index contributed by atoms with van der Waals surface area (Å²) in [6, 6.07) is 7.30. The molecule has 0 amide bonds. The smallest absolute Gasteiger partial charge is 0.218 e. The molecular formula is C13H22N2O3S. The van der Waals surface area contributed by atoms with Gasteiger partial charge in [0.25, 0.3) is 0 Å². The Bertz CT molecular complexity index is 488. The molecule has 0 radical (unpaired) electrons. The van der Waals surface area contributed by atoms with Crippen LogP contribution in [0, 0.1) is 0 Å². The molecule has 0 saturated carbocycles. The molecule has 0 aliphatic rings. The van der Waals surface area contributed by atoms with Crippen LogP contribution in [-0.4, -0.2) is 37.5 Å². The fourth-order valence-corrected chi connectivity index (χ4v) is 3.58. The Morgan fingerprint density at radius 1 is 1.26 bits per heavy atom. The summed E-state index contributed by atoms with van der Waals surface area (Å²) in [6.45, 7) is 2.87. The van der Waals surface area contributed by atoms with Gasteiger partial charge in [0.05, 0.1) is 5.75 Å². The van der Waals surface area contributed by atoms with Crippen LogP contribution in [0.2, 0.25) is 0 Å². The van der Waals surface area contributed by atoms with Crippen LogP contribution >= 0.6 is 0 Å². The lowest BCUT2D eigenvalue weighted by Crippen LogP contribution is -2.33. The van der Waals surface area contributed by atoms with Crippen LogP contribution in [0.15, 0.2) is 24.3 Å². The topological polar surface area (TPSA) is 83.6 Å². The molecule has 5 nitrogen and oxygen atoms in total. The third kappa shape index (κ3) is 4.58. The van der Waals surface area contributed by atoms with Crippen molar-refractivity contribution in [2.75, 3.05) is 19.7 Å². The van der Waals surface area contributed by atoms with E-state index in [1.54, 1.807) is 13.0 Å². The van der Waals surface area contributed by atoms with Crippen LogP contribution in [0.3, 0.4) is 0 Å². The Balaban J connectivity index is 2.88. The van der Waals surface area contributed by atoms with Gasteiger partial charge in [-0.2, -0.15) is 0 Å². The maximum absolute atomic E-state index is 12.3. The van der Waals surface area contributed by atoms with Crippen LogP contribution < -0.4 is 5.73 Å². The largest absolute Gasteiger partial charge is 0.396 e. The van der Waals surface area contributed by atoms with Gasteiger partial charge in [0.2, 0.25) is 10.0 Å². The number of aliphatic hydroxyl groups excluding tert-OH is 1. The van der Waals surface area contributed by atoms with Crippen LogP contribution in [0.25, 0.3) is 0 Å². The van der Waals surface area contributed by atoms with Crippen molar-refractivity contribution in [3.8, 4) is 0 Å². The number of benzene rings is 1. The van der Waals surface area contributed by atoms with Crippen LogP contribution in [0.1, 0.15) is 24.5 Å². The standard InChI is InChI=1S/C13H22N2O3S/c1-2-15(8-5-9-16)19(17,18)11-13-7-4-3-6-12(13)10-14/h3-4,6-7,16H,2,5,8-11,14H2,1H3. The Kier molecular flexibility index (Phi) is 6.44. The maximum atomic E-state index is 12.3. The Hall–Kier alpha value is -0.950. The number of hydrogen-bond acceptors (Lipinski definition) is 4. The van der Waals surface area contributed by atoms with E-state index in [0.717, 1.165) is 11.1 Å². The number of rotatable bonds is 8. The average molecular weight is 286 g/mol. The molecule has 1 rings (SSSR count). The summed E-state index contributed by atoms with van der Waals surface area (Å²) < 4.78 is 26.0. The third-order valence-electron chi connectivity index (χ3n) is 2.99. The zero-order chi connectivity index (χ0) is 14.3. The van der Waals surface area contributed by atoms with Gasteiger partial charge in [0.15, 0.2) is 0 Å². The SMILES string of the molecule is CCN(CCCO)S(=O)(=O)Cc1ccccc1CN. The van der Waals surface area contributed by atoms with Gasteiger partial charge in [-0.05, 0) is 17.5 Å². The van der Waals surface area contributed by atoms with Crippen molar-refractivity contribution in [3.63, 3.8) is 0 Å². The molecule has 0 unspecified atom stereocenters. The Labute approximate surface area is 115 Å². The molecule has 1 aromatic carbocycles. The first-order chi connectivity index (χ1) is 9.05.